The maximum atomic E-state index is 13.7. The van der Waals surface area contributed by atoms with E-state index in [4.69, 9.17) is 14.2 Å². The highest BCUT2D eigenvalue weighted by Gasteiger charge is 2.31. The Morgan fingerprint density at radius 2 is 1.39 bits per heavy atom. The zero-order chi connectivity index (χ0) is 48.6. The SMILES string of the molecule is CC[C@H](C)[C@H](NC(=O)[C@H](C)NC(=O)[C@H](C)NC(=O)[C@H](Cc1ccc(OP(=O)(O)O)cc1)NC(=O)CNC(=O)c1ccc(-c2c3ccc(=O)cc-3oc3cc(O)ccc23)c(C(=O)O)c1)C(=O)O. The van der Waals surface area contributed by atoms with Crippen molar-refractivity contribution in [3.8, 4) is 33.9 Å². The molecule has 1 aliphatic carbocycles. The number of aliphatic carboxylic acids is 1. The van der Waals surface area contributed by atoms with E-state index in [1.54, 1.807) is 13.8 Å². The number of rotatable bonds is 19. The molecule has 1 heterocycles. The lowest BCUT2D eigenvalue weighted by Gasteiger charge is -2.24. The zero-order valence-electron chi connectivity index (χ0n) is 35.7. The highest BCUT2D eigenvalue weighted by molar-refractivity contribution is 7.46. The summed E-state index contributed by atoms with van der Waals surface area (Å²) in [5.74, 6) is -7.71. The van der Waals surface area contributed by atoms with Gasteiger partial charge in [0.15, 0.2) is 5.43 Å². The molecule has 21 nitrogen and oxygen atoms in total. The number of phenols is 1. The van der Waals surface area contributed by atoms with E-state index < -0.39 is 85.9 Å². The van der Waals surface area contributed by atoms with Crippen LogP contribution in [0.5, 0.6) is 11.5 Å². The fraction of sp³-hybridized carbons (Fsp3) is 0.273. The molecule has 3 aromatic rings. The van der Waals surface area contributed by atoms with E-state index in [-0.39, 0.29) is 51.4 Å². The van der Waals surface area contributed by atoms with E-state index in [9.17, 15) is 58.2 Å². The van der Waals surface area contributed by atoms with Crippen molar-refractivity contribution < 1.29 is 72.2 Å². The number of benzene rings is 4. The molecule has 5 atom stereocenters. The fourth-order valence-corrected chi connectivity index (χ4v) is 7.15. The number of aromatic hydroxyl groups is 1. The van der Waals surface area contributed by atoms with Gasteiger partial charge in [0.1, 0.15) is 47.0 Å². The van der Waals surface area contributed by atoms with Gasteiger partial charge >= 0.3 is 19.8 Å². The standard InChI is InChI=1S/C44H46N5O16P/c1-5-21(2)38(44(59)60)49-40(54)23(4)46-39(53)22(3)47-42(56)33(16-24-6-11-28(12-7-24)65-66(61,62)63)48-36(52)20-45-41(55)25-8-13-29(32(17-25)43(57)58)37-30-14-9-26(50)18-34(30)64-35-19-27(51)10-15-31(35)37/h6-15,17-19,21-23,33,38,50H,5,16,20H2,1-4H3,(H,45,55)(H,46,53)(H,47,56)(H,48,52)(H,49,54)(H,57,58)(H,59,60)(H2,61,62,63)/t21-,22-,23-,33-,38-/m0/s1. The Morgan fingerprint density at radius 1 is 0.758 bits per heavy atom. The molecule has 0 bridgehead atoms. The average molecular weight is 932 g/mol. The van der Waals surface area contributed by atoms with E-state index in [1.807, 2.05) is 0 Å². The summed E-state index contributed by atoms with van der Waals surface area (Å²) < 4.78 is 21.7. The van der Waals surface area contributed by atoms with Crippen LogP contribution in [0.3, 0.4) is 0 Å². The van der Waals surface area contributed by atoms with E-state index >= 15 is 0 Å². The van der Waals surface area contributed by atoms with Crippen LogP contribution in [0, 0.1) is 5.92 Å². The monoisotopic (exact) mass is 931 g/mol. The summed E-state index contributed by atoms with van der Waals surface area (Å²) in [5, 5.41) is 42.4. The van der Waals surface area contributed by atoms with Crippen molar-refractivity contribution in [2.24, 2.45) is 5.92 Å². The molecule has 348 valence electrons. The number of phenolic OH excluding ortho intramolecular Hbond substituents is 1. The molecule has 0 spiro atoms. The number of carboxylic acid groups (broad SMARTS) is 2. The highest BCUT2D eigenvalue weighted by Crippen LogP contribution is 2.42. The number of nitrogens with one attached hydrogen (secondary N) is 5. The van der Waals surface area contributed by atoms with Crippen molar-refractivity contribution in [3.05, 3.63) is 106 Å². The summed E-state index contributed by atoms with van der Waals surface area (Å²) in [5.41, 5.74) is 0.430. The van der Waals surface area contributed by atoms with E-state index in [0.29, 0.717) is 28.5 Å². The lowest BCUT2D eigenvalue weighted by atomic mass is 9.90. The van der Waals surface area contributed by atoms with Gasteiger partial charge in [-0.25, -0.2) is 14.2 Å². The first-order valence-electron chi connectivity index (χ1n) is 20.2. The van der Waals surface area contributed by atoms with Crippen LogP contribution in [0.2, 0.25) is 0 Å². The normalized spacial score (nSPS) is 13.6. The maximum absolute atomic E-state index is 13.7. The summed E-state index contributed by atoms with van der Waals surface area (Å²) in [4.78, 5) is 121. The zero-order valence-corrected chi connectivity index (χ0v) is 36.6. The lowest BCUT2D eigenvalue weighted by molar-refractivity contribution is -0.143. The summed E-state index contributed by atoms with van der Waals surface area (Å²) in [6.45, 7) is 5.24. The molecular formula is C44H46N5O16P. The maximum Gasteiger partial charge on any atom is 0.524 e. The van der Waals surface area contributed by atoms with Crippen LogP contribution < -0.4 is 36.5 Å². The fourth-order valence-electron chi connectivity index (χ4n) is 6.75. The van der Waals surface area contributed by atoms with Gasteiger partial charge in [-0.15, -0.1) is 0 Å². The minimum Gasteiger partial charge on any atom is -0.508 e. The molecule has 1 aliphatic heterocycles. The Balaban J connectivity index is 1.32. The van der Waals surface area contributed by atoms with Crippen LogP contribution in [0.15, 0.2) is 88.1 Å². The van der Waals surface area contributed by atoms with Crippen LogP contribution in [-0.4, -0.2) is 97.3 Å². The van der Waals surface area contributed by atoms with E-state index in [1.165, 1.54) is 86.6 Å². The summed E-state index contributed by atoms with van der Waals surface area (Å²) in [7, 11) is -4.90. The Morgan fingerprint density at radius 3 is 2.02 bits per heavy atom. The third-order valence-corrected chi connectivity index (χ3v) is 10.8. The number of phosphoric acid groups is 1. The van der Waals surface area contributed by atoms with Gasteiger partial charge in [0.2, 0.25) is 23.6 Å². The molecule has 0 unspecified atom stereocenters. The van der Waals surface area contributed by atoms with Gasteiger partial charge in [-0.05, 0) is 79.4 Å². The first kappa shape index (κ1) is 49.4. The second-order valence-corrected chi connectivity index (χ2v) is 16.4. The number of aromatic carboxylic acids is 1. The Bertz CT molecular complexity index is 2770. The molecule has 10 N–H and O–H groups in total. The van der Waals surface area contributed by atoms with Gasteiger partial charge in [-0.1, -0.05) is 38.5 Å². The van der Waals surface area contributed by atoms with Crippen molar-refractivity contribution in [3.63, 3.8) is 0 Å². The van der Waals surface area contributed by atoms with Crippen LogP contribution >= 0.6 is 7.82 Å². The molecule has 3 aromatic carbocycles. The Hall–Kier alpha value is -7.61. The number of hydrogen-bond donors (Lipinski definition) is 10. The average Bonchev–Trinajstić information content (AvgIpc) is 3.25. The molecule has 0 saturated heterocycles. The largest absolute Gasteiger partial charge is 0.524 e. The molecule has 22 heteroatoms. The molecule has 0 fully saturated rings. The Kier molecular flexibility index (Phi) is 15.7. The van der Waals surface area contributed by atoms with Crippen molar-refractivity contribution in [1.29, 1.82) is 0 Å². The third kappa shape index (κ3) is 12.6. The molecule has 0 radical (unpaired) electrons. The number of hydrogen-bond acceptors (Lipinski definition) is 12. The number of amides is 5. The second-order valence-electron chi connectivity index (χ2n) is 15.3. The predicted octanol–water partition coefficient (Wildman–Crippen LogP) is 2.52. The Labute approximate surface area is 375 Å². The first-order valence-corrected chi connectivity index (χ1v) is 21.7. The molecule has 5 amide bonds. The van der Waals surface area contributed by atoms with Crippen LogP contribution in [-0.2, 0) is 35.0 Å². The van der Waals surface area contributed by atoms with Gasteiger partial charge in [0, 0.05) is 40.6 Å². The second kappa shape index (κ2) is 20.9. The van der Waals surface area contributed by atoms with Gasteiger partial charge < -0.3 is 50.8 Å². The predicted molar refractivity (Wildman–Crippen MR) is 234 cm³/mol. The lowest BCUT2D eigenvalue weighted by Crippen LogP contribution is -2.57. The molecule has 2 aliphatic rings. The number of fused-ring (bicyclic) bond motifs is 2. The third-order valence-electron chi connectivity index (χ3n) is 10.4. The molecule has 5 rings (SSSR count). The molecule has 0 aromatic heterocycles. The van der Waals surface area contributed by atoms with Crippen LogP contribution in [0.4, 0.5) is 0 Å². The topological polar surface area (TPSA) is 337 Å². The van der Waals surface area contributed by atoms with Crippen LogP contribution in [0.1, 0.15) is 60.4 Å². The molecular weight excluding hydrogens is 885 g/mol. The van der Waals surface area contributed by atoms with Gasteiger partial charge in [0.25, 0.3) is 5.91 Å². The van der Waals surface area contributed by atoms with E-state index in [2.05, 4.69) is 31.1 Å². The number of carbonyl (C=O) groups excluding carboxylic acids is 5. The first-order chi connectivity index (χ1) is 31.0. The number of phosphoric ester groups is 1. The van der Waals surface area contributed by atoms with Crippen LogP contribution in [0.25, 0.3) is 33.4 Å². The van der Waals surface area contributed by atoms with Crippen molar-refractivity contribution in [2.75, 3.05) is 6.54 Å². The molecule has 66 heavy (non-hydrogen) atoms. The summed E-state index contributed by atoms with van der Waals surface area (Å²) >= 11 is 0. The summed E-state index contributed by atoms with van der Waals surface area (Å²) in [6, 6.07) is 11.8. The summed E-state index contributed by atoms with van der Waals surface area (Å²) in [6.07, 6.45) is 0.179. The quantitative estimate of drug-likeness (QED) is 0.0420. The van der Waals surface area contributed by atoms with Gasteiger partial charge in [-0.3, -0.25) is 38.6 Å². The molecule has 0 saturated carbocycles. The number of carbonyl (C=O) groups is 7. The van der Waals surface area contributed by atoms with Crippen molar-refractivity contribution in [1.82, 2.24) is 26.6 Å². The number of carboxylic acids is 2. The smallest absolute Gasteiger partial charge is 0.508 e. The van der Waals surface area contributed by atoms with Gasteiger partial charge in [-0.2, -0.15) is 0 Å². The van der Waals surface area contributed by atoms with Crippen molar-refractivity contribution in [2.45, 2.75) is 64.7 Å². The van der Waals surface area contributed by atoms with E-state index in [0.717, 1.165) is 6.07 Å². The highest BCUT2D eigenvalue weighted by atomic mass is 31.2. The van der Waals surface area contributed by atoms with Gasteiger partial charge in [0.05, 0.1) is 12.1 Å². The van der Waals surface area contributed by atoms with Crippen molar-refractivity contribution >= 4 is 60.3 Å². The minimum atomic E-state index is -4.90. The minimum absolute atomic E-state index is 0.110.